The largest absolute Gasteiger partial charge is 0.454 e. The first kappa shape index (κ1) is 15.2. The van der Waals surface area contributed by atoms with E-state index in [1.54, 1.807) is 10.6 Å². The van der Waals surface area contributed by atoms with E-state index in [9.17, 15) is 4.79 Å². The third kappa shape index (κ3) is 2.17. The summed E-state index contributed by atoms with van der Waals surface area (Å²) < 4.78 is 14.2. The van der Waals surface area contributed by atoms with Crippen LogP contribution in [0.2, 0.25) is 0 Å². The lowest BCUT2D eigenvalue weighted by Gasteiger charge is -2.11. The Morgan fingerprint density at radius 2 is 1.92 bits per heavy atom. The van der Waals surface area contributed by atoms with Gasteiger partial charge in [-0.15, -0.1) is 21.8 Å². The zero-order valence-corrected chi connectivity index (χ0v) is 14.3. The van der Waals surface area contributed by atoms with Crippen molar-refractivity contribution in [2.24, 2.45) is 0 Å². The number of halogens is 1. The maximum atomic E-state index is 13.1. The first-order valence-electron chi connectivity index (χ1n) is 8.06. The Balaban J connectivity index is 1.75. The highest BCUT2D eigenvalue weighted by Crippen LogP contribution is 2.32. The number of hydrogen-bond donors (Lipinski definition) is 0. The Morgan fingerprint density at radius 1 is 1.08 bits per heavy atom. The molecule has 0 unspecified atom stereocenters. The molecule has 1 aliphatic rings. The molecule has 3 heterocycles. The number of alkyl halides is 1. The van der Waals surface area contributed by atoms with E-state index in [1.165, 1.54) is 0 Å². The van der Waals surface area contributed by atoms with Gasteiger partial charge in [-0.2, -0.15) is 0 Å². The van der Waals surface area contributed by atoms with Crippen molar-refractivity contribution in [3.05, 3.63) is 64.2 Å². The molecule has 130 valence electrons. The lowest BCUT2D eigenvalue weighted by atomic mass is 10.2. The number of benzene rings is 2. The third-order valence-electron chi connectivity index (χ3n) is 4.47. The minimum atomic E-state index is -0.126. The summed E-state index contributed by atoms with van der Waals surface area (Å²) in [7, 11) is 0. The van der Waals surface area contributed by atoms with E-state index in [1.807, 2.05) is 40.8 Å². The summed E-state index contributed by atoms with van der Waals surface area (Å²) in [4.78, 5) is 13.1. The number of aromatic nitrogens is 4. The summed E-state index contributed by atoms with van der Waals surface area (Å²) in [6.07, 6.45) is 0. The van der Waals surface area contributed by atoms with Gasteiger partial charge in [0.1, 0.15) is 0 Å². The van der Waals surface area contributed by atoms with Crippen LogP contribution in [0, 0.1) is 0 Å². The monoisotopic (exact) mass is 368 g/mol. The Morgan fingerprint density at radius 3 is 2.81 bits per heavy atom. The van der Waals surface area contributed by atoms with Gasteiger partial charge in [-0.3, -0.25) is 13.8 Å². The zero-order chi connectivity index (χ0) is 17.7. The molecule has 0 bridgehead atoms. The van der Waals surface area contributed by atoms with Crippen LogP contribution in [0.5, 0.6) is 11.5 Å². The van der Waals surface area contributed by atoms with Crippen LogP contribution in [0.1, 0.15) is 11.4 Å². The molecule has 7 nitrogen and oxygen atoms in total. The van der Waals surface area contributed by atoms with Crippen LogP contribution in [-0.2, 0) is 12.4 Å². The number of para-hydroxylation sites is 1. The van der Waals surface area contributed by atoms with E-state index in [4.69, 9.17) is 21.1 Å². The molecule has 0 amide bonds. The predicted molar refractivity (Wildman–Crippen MR) is 96.0 cm³/mol. The van der Waals surface area contributed by atoms with Crippen molar-refractivity contribution < 1.29 is 9.47 Å². The van der Waals surface area contributed by atoms with Crippen LogP contribution in [0.3, 0.4) is 0 Å². The number of hydrogen-bond acceptors (Lipinski definition) is 5. The summed E-state index contributed by atoms with van der Waals surface area (Å²) in [5, 5.41) is 8.94. The smallest absolute Gasteiger partial charge is 0.263 e. The van der Waals surface area contributed by atoms with Crippen LogP contribution in [-0.4, -0.2) is 26.0 Å². The highest BCUT2D eigenvalue weighted by molar-refractivity contribution is 6.16. The van der Waals surface area contributed by atoms with E-state index in [0.29, 0.717) is 35.0 Å². The number of ether oxygens (including phenoxy) is 2. The molecule has 0 N–H and O–H groups in total. The number of nitrogens with zero attached hydrogens (tertiary/aromatic N) is 4. The Bertz CT molecular complexity index is 1210. The molecule has 0 radical (unpaired) electrons. The first-order chi connectivity index (χ1) is 12.8. The van der Waals surface area contributed by atoms with Crippen molar-refractivity contribution >= 4 is 28.3 Å². The topological polar surface area (TPSA) is 70.7 Å². The molecule has 0 spiro atoms. The van der Waals surface area contributed by atoms with Gasteiger partial charge in [0, 0.05) is 0 Å². The van der Waals surface area contributed by atoms with Crippen LogP contribution < -0.4 is 15.0 Å². The quantitative estimate of drug-likeness (QED) is 0.520. The fraction of sp³-hybridized carbons (Fsp3) is 0.167. The van der Waals surface area contributed by atoms with Crippen LogP contribution in [0.4, 0.5) is 0 Å². The Hall–Kier alpha value is -3.06. The molecule has 26 heavy (non-hydrogen) atoms. The van der Waals surface area contributed by atoms with Gasteiger partial charge in [-0.1, -0.05) is 18.2 Å². The third-order valence-corrected chi connectivity index (χ3v) is 4.71. The van der Waals surface area contributed by atoms with Crippen LogP contribution >= 0.6 is 11.6 Å². The molecule has 1 aliphatic heterocycles. The fourth-order valence-electron chi connectivity index (χ4n) is 3.27. The minimum Gasteiger partial charge on any atom is -0.454 e. The van der Waals surface area contributed by atoms with E-state index < -0.39 is 0 Å². The van der Waals surface area contributed by atoms with Crippen LogP contribution in [0.15, 0.2) is 47.3 Å². The molecule has 0 fully saturated rings. The van der Waals surface area contributed by atoms with E-state index in [0.717, 1.165) is 11.1 Å². The molecule has 0 aliphatic carbocycles. The van der Waals surface area contributed by atoms with Gasteiger partial charge in [-0.25, -0.2) is 0 Å². The summed E-state index contributed by atoms with van der Waals surface area (Å²) in [6, 6.07) is 13.0. The van der Waals surface area contributed by atoms with Crippen molar-refractivity contribution in [1.29, 1.82) is 0 Å². The predicted octanol–water partition coefficient (Wildman–Crippen LogP) is 2.56. The summed E-state index contributed by atoms with van der Waals surface area (Å²) >= 11 is 6.02. The zero-order valence-electron chi connectivity index (χ0n) is 13.6. The molecule has 5 rings (SSSR count). The standard InChI is InChI=1S/C18H13ClN4O3/c19-8-16-20-21-18-22(9-11-5-6-14-15(7-11)26-10-25-14)17(24)12-3-1-2-4-13(12)23(16)18/h1-7H,8-10H2. The van der Waals surface area contributed by atoms with Gasteiger partial charge < -0.3 is 9.47 Å². The SMILES string of the molecule is O=c1c2ccccc2n2c(CCl)nnc2n1Cc1ccc2c(c1)OCO2. The molecule has 8 heteroatoms. The molecule has 2 aromatic heterocycles. The van der Waals surface area contributed by atoms with Crippen LogP contribution in [0.25, 0.3) is 16.7 Å². The molecular weight excluding hydrogens is 356 g/mol. The van der Waals surface area contributed by atoms with E-state index in [2.05, 4.69) is 10.2 Å². The number of rotatable bonds is 3. The van der Waals surface area contributed by atoms with Crippen molar-refractivity contribution in [3.63, 3.8) is 0 Å². The highest BCUT2D eigenvalue weighted by Gasteiger charge is 2.18. The van der Waals surface area contributed by atoms with Gasteiger partial charge in [0.25, 0.3) is 5.56 Å². The van der Waals surface area contributed by atoms with E-state index >= 15 is 0 Å². The second kappa shape index (κ2) is 5.74. The summed E-state index contributed by atoms with van der Waals surface area (Å²) in [5.41, 5.74) is 1.53. The molecule has 0 atom stereocenters. The van der Waals surface area contributed by atoms with Crippen molar-refractivity contribution in [2.45, 2.75) is 12.4 Å². The van der Waals surface area contributed by atoms with Gasteiger partial charge in [0.2, 0.25) is 12.6 Å². The second-order valence-corrected chi connectivity index (χ2v) is 6.25. The average molecular weight is 369 g/mol. The first-order valence-corrected chi connectivity index (χ1v) is 8.60. The molecule has 0 saturated heterocycles. The molecule has 0 saturated carbocycles. The van der Waals surface area contributed by atoms with Crippen molar-refractivity contribution in [2.75, 3.05) is 6.79 Å². The van der Waals surface area contributed by atoms with Gasteiger partial charge in [-0.05, 0) is 29.8 Å². The van der Waals surface area contributed by atoms with E-state index in [-0.39, 0.29) is 18.2 Å². The Kier molecular flexibility index (Phi) is 3.36. The Labute approximate surface area is 152 Å². The van der Waals surface area contributed by atoms with Crippen molar-refractivity contribution in [3.8, 4) is 11.5 Å². The molecule has 4 aromatic rings. The maximum Gasteiger partial charge on any atom is 0.263 e. The lowest BCUT2D eigenvalue weighted by molar-refractivity contribution is 0.174. The summed E-state index contributed by atoms with van der Waals surface area (Å²) in [6.45, 7) is 0.548. The van der Waals surface area contributed by atoms with Gasteiger partial charge in [0.05, 0.1) is 23.3 Å². The maximum absolute atomic E-state index is 13.1. The second-order valence-electron chi connectivity index (χ2n) is 5.98. The van der Waals surface area contributed by atoms with Crippen molar-refractivity contribution in [1.82, 2.24) is 19.2 Å². The average Bonchev–Trinajstić information content (AvgIpc) is 3.31. The summed E-state index contributed by atoms with van der Waals surface area (Å²) in [5.74, 6) is 2.64. The fourth-order valence-corrected chi connectivity index (χ4v) is 3.44. The number of fused-ring (bicyclic) bond motifs is 4. The molecule has 2 aromatic carbocycles. The van der Waals surface area contributed by atoms with Gasteiger partial charge >= 0.3 is 0 Å². The lowest BCUT2D eigenvalue weighted by Crippen LogP contribution is -2.24. The minimum absolute atomic E-state index is 0.126. The highest BCUT2D eigenvalue weighted by atomic mass is 35.5. The van der Waals surface area contributed by atoms with Gasteiger partial charge in [0.15, 0.2) is 17.3 Å². The molecular formula is C18H13ClN4O3. The normalized spacial score (nSPS) is 13.0.